The molecule has 2 aromatic carbocycles. The number of hydrogen-bond acceptors (Lipinski definition) is 3. The van der Waals surface area contributed by atoms with Crippen LogP contribution in [-0.4, -0.2) is 13.4 Å². The maximum atomic E-state index is 12.3. The van der Waals surface area contributed by atoms with Crippen molar-refractivity contribution in [2.45, 2.75) is 10.9 Å². The Kier molecular flexibility index (Phi) is 4.49. The highest BCUT2D eigenvalue weighted by atomic mass is 32.2. The zero-order chi connectivity index (χ0) is 14.6. The Bertz CT molecular complexity index is 686. The van der Waals surface area contributed by atoms with Crippen LogP contribution in [0.2, 0.25) is 0 Å². The Balaban J connectivity index is 2.33. The average molecular weight is 306 g/mol. The lowest BCUT2D eigenvalue weighted by molar-refractivity contribution is 0.577. The van der Waals surface area contributed by atoms with E-state index in [1.807, 2.05) is 6.07 Å². The summed E-state index contributed by atoms with van der Waals surface area (Å²) in [6.45, 7) is 0. The van der Waals surface area contributed by atoms with Crippen molar-refractivity contribution in [2.24, 2.45) is 5.73 Å². The molecule has 1 atom stereocenters. The molecule has 3 N–H and O–H groups in total. The van der Waals surface area contributed by atoms with Crippen molar-refractivity contribution < 1.29 is 8.42 Å². The number of nitrogens with two attached hydrogens (primary N) is 1. The first kappa shape index (κ1) is 14.6. The monoisotopic (exact) mass is 306 g/mol. The van der Waals surface area contributed by atoms with Crippen molar-refractivity contribution in [3.63, 3.8) is 0 Å². The minimum Gasteiger partial charge on any atom is -0.392 e. The Hall–Kier alpha value is -1.76. The van der Waals surface area contributed by atoms with Crippen LogP contribution in [0, 0.1) is 0 Å². The summed E-state index contributed by atoms with van der Waals surface area (Å²) < 4.78 is 27.1. The number of sulfonamides is 1. The van der Waals surface area contributed by atoms with Gasteiger partial charge in [-0.05, 0) is 17.7 Å². The van der Waals surface area contributed by atoms with Gasteiger partial charge in [0.1, 0.15) is 0 Å². The van der Waals surface area contributed by atoms with Gasteiger partial charge in [-0.1, -0.05) is 60.7 Å². The van der Waals surface area contributed by atoms with Gasteiger partial charge in [0.15, 0.2) is 0 Å². The minimum atomic E-state index is -3.67. The van der Waals surface area contributed by atoms with E-state index in [9.17, 15) is 8.42 Å². The van der Waals surface area contributed by atoms with E-state index in [4.69, 9.17) is 18.0 Å². The molecule has 0 fully saturated rings. The van der Waals surface area contributed by atoms with Crippen LogP contribution in [0.4, 0.5) is 0 Å². The van der Waals surface area contributed by atoms with Crippen LogP contribution >= 0.6 is 12.2 Å². The molecule has 2 aromatic rings. The normalized spacial score (nSPS) is 12.8. The molecule has 0 aliphatic rings. The standard InChI is InChI=1S/C14H14N2O2S2/c15-14(19)13(11-7-3-1-4-8-11)16-20(17,18)12-9-5-2-6-10-12/h1-10,13,16H,(H2,15,19). The summed E-state index contributed by atoms with van der Waals surface area (Å²) in [5.41, 5.74) is 6.37. The summed E-state index contributed by atoms with van der Waals surface area (Å²) in [5, 5.41) is 0. The molecule has 20 heavy (non-hydrogen) atoms. The largest absolute Gasteiger partial charge is 0.392 e. The molecule has 0 aromatic heterocycles. The Morgan fingerprint density at radius 1 is 1.00 bits per heavy atom. The van der Waals surface area contributed by atoms with Gasteiger partial charge in [0.25, 0.3) is 0 Å². The molecule has 4 nitrogen and oxygen atoms in total. The Morgan fingerprint density at radius 3 is 2.00 bits per heavy atom. The molecule has 0 saturated heterocycles. The van der Waals surface area contributed by atoms with Crippen molar-refractivity contribution in [1.82, 2.24) is 4.72 Å². The first-order valence-electron chi connectivity index (χ1n) is 5.92. The highest BCUT2D eigenvalue weighted by molar-refractivity contribution is 7.89. The second-order valence-corrected chi connectivity index (χ2v) is 6.37. The predicted molar refractivity (Wildman–Crippen MR) is 82.7 cm³/mol. The molecule has 0 saturated carbocycles. The fourth-order valence-electron chi connectivity index (χ4n) is 1.76. The summed E-state index contributed by atoms with van der Waals surface area (Å²) in [4.78, 5) is 0.257. The van der Waals surface area contributed by atoms with E-state index in [2.05, 4.69) is 4.72 Å². The van der Waals surface area contributed by atoms with Crippen LogP contribution in [0.25, 0.3) is 0 Å². The maximum Gasteiger partial charge on any atom is 0.241 e. The smallest absolute Gasteiger partial charge is 0.241 e. The SMILES string of the molecule is NC(=S)C(NS(=O)(=O)c1ccccc1)c1ccccc1. The molecule has 6 heteroatoms. The quantitative estimate of drug-likeness (QED) is 0.829. The fourth-order valence-corrected chi connectivity index (χ4v) is 3.25. The summed E-state index contributed by atoms with van der Waals surface area (Å²) in [7, 11) is -3.67. The molecule has 0 bridgehead atoms. The molecule has 0 heterocycles. The first-order valence-corrected chi connectivity index (χ1v) is 7.81. The molecule has 104 valence electrons. The van der Waals surface area contributed by atoms with E-state index >= 15 is 0 Å². The van der Waals surface area contributed by atoms with Crippen molar-refractivity contribution >= 4 is 27.2 Å². The number of benzene rings is 2. The molecule has 0 amide bonds. The summed E-state index contributed by atoms with van der Waals surface area (Å²) in [6.07, 6.45) is 0. The average Bonchev–Trinajstić information content (AvgIpc) is 2.46. The van der Waals surface area contributed by atoms with E-state index in [1.54, 1.807) is 42.5 Å². The van der Waals surface area contributed by atoms with Gasteiger partial charge in [0.05, 0.1) is 15.9 Å². The van der Waals surface area contributed by atoms with Gasteiger partial charge >= 0.3 is 0 Å². The lowest BCUT2D eigenvalue weighted by Crippen LogP contribution is -2.36. The summed E-state index contributed by atoms with van der Waals surface area (Å²) in [5.74, 6) is 0. The Labute approximate surface area is 123 Å². The zero-order valence-electron chi connectivity index (χ0n) is 10.6. The maximum absolute atomic E-state index is 12.3. The van der Waals surface area contributed by atoms with Crippen molar-refractivity contribution in [2.75, 3.05) is 0 Å². The third-order valence-electron chi connectivity index (χ3n) is 2.74. The van der Waals surface area contributed by atoms with E-state index in [0.29, 0.717) is 5.56 Å². The van der Waals surface area contributed by atoms with Gasteiger partial charge in [-0.3, -0.25) is 0 Å². The van der Waals surface area contributed by atoms with Crippen molar-refractivity contribution in [3.8, 4) is 0 Å². The van der Waals surface area contributed by atoms with Gasteiger partial charge < -0.3 is 5.73 Å². The van der Waals surface area contributed by atoms with Gasteiger partial charge in [0.2, 0.25) is 10.0 Å². The lowest BCUT2D eigenvalue weighted by Gasteiger charge is -2.18. The third kappa shape index (κ3) is 3.41. The second kappa shape index (κ2) is 6.13. The minimum absolute atomic E-state index is 0.0794. The van der Waals surface area contributed by atoms with E-state index in [-0.39, 0.29) is 9.88 Å². The van der Waals surface area contributed by atoms with Crippen molar-refractivity contribution in [1.29, 1.82) is 0 Å². The predicted octanol–water partition coefficient (Wildman–Crippen LogP) is 1.99. The molecule has 2 rings (SSSR count). The van der Waals surface area contributed by atoms with Gasteiger partial charge in [-0.25, -0.2) is 8.42 Å². The third-order valence-corrected chi connectivity index (χ3v) is 4.42. The molecule has 0 aliphatic heterocycles. The molecule has 0 radical (unpaired) electrons. The zero-order valence-corrected chi connectivity index (χ0v) is 12.2. The van der Waals surface area contributed by atoms with Gasteiger partial charge in [-0.2, -0.15) is 4.72 Å². The molecule has 1 unspecified atom stereocenters. The van der Waals surface area contributed by atoms with E-state index in [1.165, 1.54) is 12.1 Å². The first-order chi connectivity index (χ1) is 9.50. The van der Waals surface area contributed by atoms with E-state index < -0.39 is 16.1 Å². The van der Waals surface area contributed by atoms with Crippen LogP contribution in [0.5, 0.6) is 0 Å². The second-order valence-electron chi connectivity index (χ2n) is 4.18. The van der Waals surface area contributed by atoms with Crippen molar-refractivity contribution in [3.05, 3.63) is 66.2 Å². The molecule has 0 spiro atoms. The number of rotatable bonds is 5. The van der Waals surface area contributed by atoms with Crippen LogP contribution in [0.15, 0.2) is 65.6 Å². The van der Waals surface area contributed by atoms with Crippen LogP contribution in [-0.2, 0) is 10.0 Å². The van der Waals surface area contributed by atoms with E-state index in [0.717, 1.165) is 0 Å². The molecular formula is C14H14N2O2S2. The number of nitrogens with one attached hydrogen (secondary N) is 1. The topological polar surface area (TPSA) is 72.2 Å². The lowest BCUT2D eigenvalue weighted by atomic mass is 10.1. The summed E-state index contributed by atoms with van der Waals surface area (Å²) >= 11 is 4.97. The molecule has 0 aliphatic carbocycles. The highest BCUT2D eigenvalue weighted by Gasteiger charge is 2.22. The van der Waals surface area contributed by atoms with Crippen LogP contribution < -0.4 is 10.5 Å². The number of hydrogen-bond donors (Lipinski definition) is 2. The number of thiocarbonyl (C=S) groups is 1. The molecular weight excluding hydrogens is 292 g/mol. The fraction of sp³-hybridized carbons (Fsp3) is 0.0714. The van der Waals surface area contributed by atoms with Gasteiger partial charge in [-0.15, -0.1) is 0 Å². The summed E-state index contributed by atoms with van der Waals surface area (Å²) in [6, 6.07) is 16.4. The van der Waals surface area contributed by atoms with Crippen LogP contribution in [0.1, 0.15) is 11.6 Å². The highest BCUT2D eigenvalue weighted by Crippen LogP contribution is 2.17. The van der Waals surface area contributed by atoms with Gasteiger partial charge in [0, 0.05) is 0 Å². The van der Waals surface area contributed by atoms with Crippen LogP contribution in [0.3, 0.4) is 0 Å². The Morgan fingerprint density at radius 2 is 1.50 bits per heavy atom.